The molecular weight excluding hydrogens is 226 g/mol. The summed E-state index contributed by atoms with van der Waals surface area (Å²) in [5.41, 5.74) is -0.0353. The van der Waals surface area contributed by atoms with Crippen molar-refractivity contribution in [3.8, 4) is 0 Å². The first kappa shape index (κ1) is 9.51. The van der Waals surface area contributed by atoms with E-state index in [-0.39, 0.29) is 10.7 Å². The number of aliphatic carboxylic acids is 1. The highest BCUT2D eigenvalue weighted by Crippen LogP contribution is 2.25. The second-order valence-corrected chi connectivity index (χ2v) is 2.96. The molecule has 66 valence electrons. The Labute approximate surface area is 83.4 Å². The smallest absolute Gasteiger partial charge is 0.337 e. The van der Waals surface area contributed by atoms with Crippen molar-refractivity contribution < 1.29 is 9.90 Å². The van der Waals surface area contributed by atoms with Crippen LogP contribution in [0, 0.1) is 0 Å². The molecule has 0 amide bonds. The monoisotopic (exact) mass is 228 g/mol. The van der Waals surface area contributed by atoms with E-state index in [0.29, 0.717) is 0 Å². The van der Waals surface area contributed by atoms with E-state index in [0.717, 1.165) is 15.3 Å². The van der Waals surface area contributed by atoms with Gasteiger partial charge in [-0.15, -0.1) is 0 Å². The van der Waals surface area contributed by atoms with E-state index in [1.807, 2.05) is 0 Å². The van der Waals surface area contributed by atoms with Crippen molar-refractivity contribution in [2.24, 2.45) is 0 Å². The molecule has 0 aromatic rings. The lowest BCUT2D eigenvalue weighted by molar-refractivity contribution is -0.132. The number of carboxylic acid groups (broad SMARTS) is 1. The van der Waals surface area contributed by atoms with Crippen LogP contribution < -0.4 is 0 Å². The van der Waals surface area contributed by atoms with Crippen LogP contribution in [0.5, 0.6) is 0 Å². The second-order valence-electron chi connectivity index (χ2n) is 1.91. The predicted molar refractivity (Wildman–Crippen MR) is 45.0 cm³/mol. The lowest BCUT2D eigenvalue weighted by Gasteiger charge is -2.24. The van der Waals surface area contributed by atoms with Gasteiger partial charge in [-0.1, -0.05) is 11.6 Å². The zero-order valence-corrected chi connectivity index (χ0v) is 7.81. The molecular formula is C5H3Cl3N2O2. The summed E-state index contributed by atoms with van der Waals surface area (Å²) in [6, 6.07) is 0. The van der Waals surface area contributed by atoms with Crippen molar-refractivity contribution in [3.05, 3.63) is 23.0 Å². The Kier molecular flexibility index (Phi) is 2.72. The first-order chi connectivity index (χ1) is 5.52. The molecule has 0 aromatic heterocycles. The average molecular weight is 229 g/mol. The topological polar surface area (TPSA) is 43.8 Å². The van der Waals surface area contributed by atoms with Crippen LogP contribution in [0.25, 0.3) is 0 Å². The van der Waals surface area contributed by atoms with E-state index < -0.39 is 5.97 Å². The molecule has 12 heavy (non-hydrogen) atoms. The molecule has 1 N–H and O–H groups in total. The maximum absolute atomic E-state index is 10.4. The number of carboxylic acids is 1. The van der Waals surface area contributed by atoms with Gasteiger partial charge in [-0.3, -0.25) is 0 Å². The number of halogens is 3. The molecule has 0 fully saturated rings. The molecule has 0 aliphatic carbocycles. The van der Waals surface area contributed by atoms with Gasteiger partial charge in [0.15, 0.2) is 0 Å². The van der Waals surface area contributed by atoms with Gasteiger partial charge in [-0.05, 0) is 6.08 Å². The van der Waals surface area contributed by atoms with Crippen LogP contribution in [0.4, 0.5) is 0 Å². The van der Waals surface area contributed by atoms with Crippen LogP contribution >= 0.6 is 35.2 Å². The lowest BCUT2D eigenvalue weighted by atomic mass is 10.3. The Morgan fingerprint density at radius 1 is 1.50 bits per heavy atom. The van der Waals surface area contributed by atoms with Crippen molar-refractivity contribution in [2.75, 3.05) is 0 Å². The first-order valence-electron chi connectivity index (χ1n) is 2.75. The normalized spacial score (nSPS) is 17.2. The Bertz CT molecular complexity index is 276. The number of nitrogens with zero attached hydrogens (tertiary/aromatic N) is 2. The van der Waals surface area contributed by atoms with Gasteiger partial charge in [0.25, 0.3) is 0 Å². The summed E-state index contributed by atoms with van der Waals surface area (Å²) >= 11 is 16.5. The molecule has 0 saturated carbocycles. The lowest BCUT2D eigenvalue weighted by Crippen LogP contribution is -2.25. The summed E-state index contributed by atoms with van der Waals surface area (Å²) in [4.78, 5) is 10.4. The maximum Gasteiger partial charge on any atom is 0.337 e. The van der Waals surface area contributed by atoms with Crippen LogP contribution in [-0.4, -0.2) is 20.1 Å². The molecule has 1 heterocycles. The van der Waals surface area contributed by atoms with Gasteiger partial charge in [-0.2, -0.15) is 9.06 Å². The molecule has 0 saturated heterocycles. The summed E-state index contributed by atoms with van der Waals surface area (Å²) in [6.45, 7) is 0. The van der Waals surface area contributed by atoms with Crippen LogP contribution in [-0.2, 0) is 4.79 Å². The van der Waals surface area contributed by atoms with Crippen LogP contribution in [0.1, 0.15) is 0 Å². The minimum atomic E-state index is -1.12. The van der Waals surface area contributed by atoms with Crippen molar-refractivity contribution >= 4 is 41.1 Å². The van der Waals surface area contributed by atoms with Crippen molar-refractivity contribution in [1.29, 1.82) is 0 Å². The van der Waals surface area contributed by atoms with E-state index in [4.69, 9.17) is 40.3 Å². The Morgan fingerprint density at radius 2 is 2.08 bits per heavy atom. The first-order valence-corrected chi connectivity index (χ1v) is 3.81. The van der Waals surface area contributed by atoms with Crippen molar-refractivity contribution in [1.82, 2.24) is 9.06 Å². The van der Waals surface area contributed by atoms with Crippen molar-refractivity contribution in [3.63, 3.8) is 0 Å². The molecule has 1 aliphatic heterocycles. The molecule has 0 radical (unpaired) electrons. The van der Waals surface area contributed by atoms with Gasteiger partial charge in [0.05, 0.1) is 11.8 Å². The summed E-state index contributed by atoms with van der Waals surface area (Å²) in [7, 11) is 0. The molecule has 0 unspecified atom stereocenters. The highest BCUT2D eigenvalue weighted by molar-refractivity contribution is 6.34. The fourth-order valence-corrected chi connectivity index (χ4v) is 1.11. The zero-order valence-electron chi connectivity index (χ0n) is 5.54. The predicted octanol–water partition coefficient (Wildman–Crippen LogP) is 1.88. The SMILES string of the molecule is O=C(O)C1=CN(Cl)N(Cl)C(Cl)=C1. The molecule has 1 rings (SSSR count). The van der Waals surface area contributed by atoms with Gasteiger partial charge in [0.2, 0.25) is 0 Å². The Balaban J connectivity index is 2.95. The number of hydrogen-bond donors (Lipinski definition) is 1. The Hall–Kier alpha value is -0.580. The summed E-state index contributed by atoms with van der Waals surface area (Å²) < 4.78 is 1.71. The molecule has 7 heteroatoms. The molecule has 0 aromatic carbocycles. The summed E-state index contributed by atoms with van der Waals surface area (Å²) in [5, 5.41) is 8.56. The number of hydrazine groups is 1. The second kappa shape index (κ2) is 3.43. The number of rotatable bonds is 1. The highest BCUT2D eigenvalue weighted by atomic mass is 35.5. The van der Waals surface area contributed by atoms with Crippen LogP contribution in [0.3, 0.4) is 0 Å². The molecule has 0 atom stereocenters. The molecule has 0 bridgehead atoms. The van der Waals surface area contributed by atoms with Gasteiger partial charge in [0, 0.05) is 23.6 Å². The average Bonchev–Trinajstić information content (AvgIpc) is 1.99. The van der Waals surface area contributed by atoms with Gasteiger partial charge < -0.3 is 5.11 Å². The maximum atomic E-state index is 10.4. The van der Waals surface area contributed by atoms with Gasteiger partial charge >= 0.3 is 5.97 Å². The Morgan fingerprint density at radius 3 is 2.50 bits per heavy atom. The quantitative estimate of drug-likeness (QED) is 0.551. The minimum Gasteiger partial charge on any atom is -0.478 e. The molecule has 1 aliphatic rings. The molecule has 0 spiro atoms. The fourth-order valence-electron chi connectivity index (χ4n) is 0.593. The highest BCUT2D eigenvalue weighted by Gasteiger charge is 2.19. The van der Waals surface area contributed by atoms with Crippen LogP contribution in [0.2, 0.25) is 0 Å². The third kappa shape index (κ3) is 1.77. The van der Waals surface area contributed by atoms with E-state index in [2.05, 4.69) is 0 Å². The third-order valence-electron chi connectivity index (χ3n) is 1.11. The number of carbonyl (C=O) groups is 1. The summed E-state index contributed by atoms with van der Waals surface area (Å²) in [5.74, 6) is -1.12. The minimum absolute atomic E-state index is 0.0200. The standard InChI is InChI=1S/C5H3Cl3N2O2/c6-4-1-3(5(11)12)2-9(7)10(4)8/h1-2H,(H,11,12). The van der Waals surface area contributed by atoms with E-state index in [1.54, 1.807) is 0 Å². The van der Waals surface area contributed by atoms with E-state index in [1.165, 1.54) is 6.08 Å². The summed E-state index contributed by atoms with van der Waals surface area (Å²) in [6.07, 6.45) is 2.32. The third-order valence-corrected chi connectivity index (χ3v) is 2.14. The zero-order chi connectivity index (χ0) is 9.30. The largest absolute Gasteiger partial charge is 0.478 e. The fraction of sp³-hybridized carbons (Fsp3) is 0. The van der Waals surface area contributed by atoms with Crippen molar-refractivity contribution in [2.45, 2.75) is 0 Å². The van der Waals surface area contributed by atoms with E-state index >= 15 is 0 Å². The van der Waals surface area contributed by atoms with Gasteiger partial charge in [-0.25, -0.2) is 4.79 Å². The van der Waals surface area contributed by atoms with Gasteiger partial charge in [0.1, 0.15) is 5.16 Å². The number of hydrogen-bond acceptors (Lipinski definition) is 3. The molecule has 4 nitrogen and oxygen atoms in total. The van der Waals surface area contributed by atoms with E-state index in [9.17, 15) is 4.79 Å². The van der Waals surface area contributed by atoms with Crippen LogP contribution in [0.15, 0.2) is 23.0 Å².